The fourth-order valence-corrected chi connectivity index (χ4v) is 3.84. The summed E-state index contributed by atoms with van der Waals surface area (Å²) in [5.74, 6) is 0.152. The Morgan fingerprint density at radius 2 is 2.20 bits per heavy atom. The molecule has 1 heterocycles. The molecular formula is C18H27N5O2. The Labute approximate surface area is 148 Å². The Balaban J connectivity index is 2.28. The molecule has 0 saturated carbocycles. The summed E-state index contributed by atoms with van der Waals surface area (Å²) in [4.78, 5) is 29.8. The Hall–Kier alpha value is -2.27. The predicted molar refractivity (Wildman–Crippen MR) is 96.5 cm³/mol. The van der Waals surface area contributed by atoms with E-state index in [1.807, 2.05) is 26.0 Å². The number of nitrogens with one attached hydrogen (secondary N) is 1. The first kappa shape index (κ1) is 19.1. The summed E-state index contributed by atoms with van der Waals surface area (Å²) < 4.78 is 0. The maximum Gasteiger partial charge on any atom is 0.242 e. The van der Waals surface area contributed by atoms with Crippen molar-refractivity contribution in [1.29, 1.82) is 0 Å². The molecule has 4 unspecified atom stereocenters. The van der Waals surface area contributed by atoms with Crippen LogP contribution < -0.4 is 5.32 Å². The first-order chi connectivity index (χ1) is 12.0. The predicted octanol–water partition coefficient (Wildman–Crippen LogP) is 2.81. The van der Waals surface area contributed by atoms with E-state index in [1.54, 1.807) is 11.9 Å². The number of azide groups is 1. The minimum absolute atomic E-state index is 0.0234. The third kappa shape index (κ3) is 4.42. The van der Waals surface area contributed by atoms with Gasteiger partial charge in [-0.15, -0.1) is 0 Å². The summed E-state index contributed by atoms with van der Waals surface area (Å²) in [7, 11) is 1.58. The Bertz CT molecular complexity index is 607. The number of hydrogen-bond donors (Lipinski definition) is 1. The summed E-state index contributed by atoms with van der Waals surface area (Å²) in [5.41, 5.74) is 8.90. The number of hydrogen-bond acceptors (Lipinski definition) is 3. The molecule has 0 bridgehead atoms. The molecule has 1 aliphatic carbocycles. The van der Waals surface area contributed by atoms with E-state index in [2.05, 4.69) is 27.5 Å². The summed E-state index contributed by atoms with van der Waals surface area (Å²) in [6.45, 7) is 4.35. The largest absolute Gasteiger partial charge is 0.357 e. The minimum Gasteiger partial charge on any atom is -0.357 e. The monoisotopic (exact) mass is 345 g/mol. The van der Waals surface area contributed by atoms with Crippen molar-refractivity contribution in [3.05, 3.63) is 34.7 Å². The molecule has 25 heavy (non-hydrogen) atoms. The third-order valence-corrected chi connectivity index (χ3v) is 5.13. The van der Waals surface area contributed by atoms with Gasteiger partial charge in [-0.1, -0.05) is 43.3 Å². The van der Waals surface area contributed by atoms with Crippen LogP contribution in [0, 0.1) is 17.8 Å². The maximum atomic E-state index is 13.0. The summed E-state index contributed by atoms with van der Waals surface area (Å²) in [6, 6.07) is -1.29. The lowest BCUT2D eigenvalue weighted by atomic mass is 9.81. The van der Waals surface area contributed by atoms with Gasteiger partial charge in [-0.05, 0) is 42.5 Å². The van der Waals surface area contributed by atoms with Crippen LogP contribution in [0.1, 0.15) is 33.1 Å². The number of carbonyl (C=O) groups is 2. The second-order valence-electron chi connectivity index (χ2n) is 7.05. The molecule has 2 amide bonds. The molecule has 0 aromatic rings. The SMILES string of the molecule is CNC(=O)C(C(C)C)N1CCC(C2C=CC=CC2)CC(N=[N+]=[N-])C1=O. The van der Waals surface area contributed by atoms with Gasteiger partial charge in [-0.25, -0.2) is 0 Å². The smallest absolute Gasteiger partial charge is 0.242 e. The molecule has 7 heteroatoms. The molecule has 2 rings (SSSR count). The van der Waals surface area contributed by atoms with Gasteiger partial charge in [0.1, 0.15) is 12.1 Å². The molecule has 1 saturated heterocycles. The van der Waals surface area contributed by atoms with E-state index >= 15 is 0 Å². The van der Waals surface area contributed by atoms with Crippen molar-refractivity contribution >= 4 is 11.8 Å². The summed E-state index contributed by atoms with van der Waals surface area (Å²) >= 11 is 0. The first-order valence-corrected chi connectivity index (χ1v) is 8.89. The van der Waals surface area contributed by atoms with Gasteiger partial charge in [-0.2, -0.15) is 0 Å². The fraction of sp³-hybridized carbons (Fsp3) is 0.667. The van der Waals surface area contributed by atoms with Crippen LogP contribution in [0.4, 0.5) is 0 Å². The number of allylic oxidation sites excluding steroid dienone is 4. The van der Waals surface area contributed by atoms with Crippen molar-refractivity contribution in [2.24, 2.45) is 22.9 Å². The third-order valence-electron chi connectivity index (χ3n) is 5.13. The first-order valence-electron chi connectivity index (χ1n) is 8.89. The fourth-order valence-electron chi connectivity index (χ4n) is 3.84. The zero-order chi connectivity index (χ0) is 18.4. The zero-order valence-electron chi connectivity index (χ0n) is 15.1. The molecular weight excluding hydrogens is 318 g/mol. The summed E-state index contributed by atoms with van der Waals surface area (Å²) in [5, 5.41) is 6.41. The van der Waals surface area contributed by atoms with Crippen LogP contribution in [0.2, 0.25) is 0 Å². The highest BCUT2D eigenvalue weighted by molar-refractivity contribution is 5.90. The average molecular weight is 345 g/mol. The quantitative estimate of drug-likeness (QED) is 0.471. The van der Waals surface area contributed by atoms with Gasteiger partial charge in [0, 0.05) is 18.5 Å². The van der Waals surface area contributed by atoms with E-state index in [4.69, 9.17) is 5.53 Å². The van der Waals surface area contributed by atoms with Crippen LogP contribution in [0.15, 0.2) is 29.4 Å². The van der Waals surface area contributed by atoms with E-state index in [-0.39, 0.29) is 23.7 Å². The van der Waals surface area contributed by atoms with Crippen molar-refractivity contribution in [3.63, 3.8) is 0 Å². The van der Waals surface area contributed by atoms with Crippen LogP contribution >= 0.6 is 0 Å². The summed E-state index contributed by atoms with van der Waals surface area (Å²) in [6.07, 6.45) is 10.6. The maximum absolute atomic E-state index is 13.0. The van der Waals surface area contributed by atoms with Crippen molar-refractivity contribution < 1.29 is 9.59 Å². The van der Waals surface area contributed by atoms with Crippen LogP contribution in [0.5, 0.6) is 0 Å². The molecule has 0 aromatic heterocycles. The van der Waals surface area contributed by atoms with E-state index in [0.717, 1.165) is 12.8 Å². The molecule has 1 N–H and O–H groups in total. The van der Waals surface area contributed by atoms with Gasteiger partial charge in [0.2, 0.25) is 11.8 Å². The highest BCUT2D eigenvalue weighted by Gasteiger charge is 2.39. The number of nitrogens with zero attached hydrogens (tertiary/aromatic N) is 4. The normalized spacial score (nSPS) is 27.6. The molecule has 0 aromatic carbocycles. The number of rotatable bonds is 5. The van der Waals surface area contributed by atoms with Crippen molar-refractivity contribution in [2.75, 3.05) is 13.6 Å². The number of likely N-dealkylation sites (tertiary alicyclic amines) is 1. The van der Waals surface area contributed by atoms with E-state index in [0.29, 0.717) is 18.9 Å². The molecule has 136 valence electrons. The van der Waals surface area contributed by atoms with E-state index in [9.17, 15) is 9.59 Å². The van der Waals surface area contributed by atoms with Crippen LogP contribution in [0.25, 0.3) is 10.4 Å². The molecule has 4 atom stereocenters. The van der Waals surface area contributed by atoms with Crippen LogP contribution in [-0.4, -0.2) is 42.4 Å². The van der Waals surface area contributed by atoms with Crippen molar-refractivity contribution in [3.8, 4) is 0 Å². The molecule has 1 aliphatic heterocycles. The Morgan fingerprint density at radius 3 is 2.76 bits per heavy atom. The van der Waals surface area contributed by atoms with Gasteiger partial charge < -0.3 is 10.2 Å². The number of likely N-dealkylation sites (N-methyl/N-ethyl adjacent to an activating group) is 1. The molecule has 0 spiro atoms. The molecule has 2 aliphatic rings. The standard InChI is InChI=1S/C18H27N5O2/c1-12(2)16(17(24)20-3)23-10-9-14(13-7-5-4-6-8-13)11-15(18(23)25)21-22-19/h4-7,12-16H,8-11H2,1-3H3,(H,20,24). The molecule has 0 radical (unpaired) electrons. The Kier molecular flexibility index (Phi) is 6.65. The van der Waals surface area contributed by atoms with Gasteiger partial charge in [0.25, 0.3) is 0 Å². The van der Waals surface area contributed by atoms with Crippen LogP contribution in [0.3, 0.4) is 0 Å². The Morgan fingerprint density at radius 1 is 1.44 bits per heavy atom. The zero-order valence-corrected chi connectivity index (χ0v) is 15.1. The van der Waals surface area contributed by atoms with Gasteiger partial charge in [0.05, 0.1) is 0 Å². The lowest BCUT2D eigenvalue weighted by Crippen LogP contribution is -2.53. The average Bonchev–Trinajstić information content (AvgIpc) is 2.76. The number of amides is 2. The minimum atomic E-state index is -0.747. The van der Waals surface area contributed by atoms with Crippen LogP contribution in [-0.2, 0) is 9.59 Å². The van der Waals surface area contributed by atoms with Crippen molar-refractivity contribution in [1.82, 2.24) is 10.2 Å². The van der Waals surface area contributed by atoms with E-state index < -0.39 is 12.1 Å². The van der Waals surface area contributed by atoms with E-state index in [1.165, 1.54) is 0 Å². The second-order valence-corrected chi connectivity index (χ2v) is 7.05. The lowest BCUT2D eigenvalue weighted by molar-refractivity contribution is -0.142. The van der Waals surface area contributed by atoms with Gasteiger partial charge in [-0.3, -0.25) is 9.59 Å². The molecule has 7 nitrogen and oxygen atoms in total. The number of carbonyl (C=O) groups excluding carboxylic acids is 2. The van der Waals surface area contributed by atoms with Gasteiger partial charge >= 0.3 is 0 Å². The second kappa shape index (κ2) is 8.72. The van der Waals surface area contributed by atoms with Gasteiger partial charge in [0.15, 0.2) is 0 Å². The topological polar surface area (TPSA) is 98.2 Å². The highest BCUT2D eigenvalue weighted by Crippen LogP contribution is 2.33. The lowest BCUT2D eigenvalue weighted by Gasteiger charge is -2.33. The van der Waals surface area contributed by atoms with Crippen molar-refractivity contribution in [2.45, 2.75) is 45.2 Å². The molecule has 1 fully saturated rings. The highest BCUT2D eigenvalue weighted by atomic mass is 16.2.